The van der Waals surface area contributed by atoms with Crippen molar-refractivity contribution in [2.75, 3.05) is 7.11 Å². The third-order valence-corrected chi connectivity index (χ3v) is 6.42. The summed E-state index contributed by atoms with van der Waals surface area (Å²) in [6.07, 6.45) is 0. The summed E-state index contributed by atoms with van der Waals surface area (Å²) < 4.78 is 4.70. The predicted molar refractivity (Wildman–Crippen MR) is 140 cm³/mol. The van der Waals surface area contributed by atoms with Crippen LogP contribution in [0, 0.1) is 11.3 Å². The molecule has 8 nitrogen and oxygen atoms in total. The van der Waals surface area contributed by atoms with E-state index in [1.165, 1.54) is 18.9 Å². The number of methoxy groups -OCH3 is 1. The van der Waals surface area contributed by atoms with Crippen LogP contribution in [-0.2, 0) is 17.0 Å². The fourth-order valence-corrected chi connectivity index (χ4v) is 4.32. The number of aromatic nitrogens is 2. The number of hydrogen-bond acceptors (Lipinski definition) is 7. The Bertz CT molecular complexity index is 1510. The Morgan fingerprint density at radius 3 is 2.30 bits per heavy atom. The Morgan fingerprint density at radius 1 is 0.973 bits per heavy atom. The van der Waals surface area contributed by atoms with E-state index in [-0.39, 0.29) is 17.2 Å². The molecule has 0 saturated heterocycles. The average molecular weight is 511 g/mol. The molecule has 0 saturated carbocycles. The minimum atomic E-state index is -0.541. The number of rotatable bonds is 8. The Labute approximate surface area is 217 Å². The lowest BCUT2D eigenvalue weighted by Gasteiger charge is -2.09. The summed E-state index contributed by atoms with van der Waals surface area (Å²) in [4.78, 5) is 43.9. The standard InChI is InChI=1S/C28H22N4O4S/c1-36-27(35)22-9-7-19(8-10-22)17-37-28-31-24(23(15-29)26(34)32-28)20-11-13-21(14-12-20)25(33)30-16-18-5-3-2-4-6-18/h2-14H,16-17H2,1H3,(H,30,33)(H,31,32,34). The van der Waals surface area contributed by atoms with Crippen LogP contribution in [0.25, 0.3) is 11.3 Å². The molecule has 1 aromatic heterocycles. The Balaban J connectivity index is 1.49. The molecule has 0 spiro atoms. The third-order valence-electron chi connectivity index (χ3n) is 5.48. The second-order valence-electron chi connectivity index (χ2n) is 7.93. The number of thioether (sulfide) groups is 1. The van der Waals surface area contributed by atoms with Gasteiger partial charge in [-0.25, -0.2) is 9.78 Å². The van der Waals surface area contributed by atoms with E-state index < -0.39 is 11.5 Å². The molecule has 37 heavy (non-hydrogen) atoms. The molecule has 9 heteroatoms. The maximum absolute atomic E-state index is 12.6. The van der Waals surface area contributed by atoms with Crippen molar-refractivity contribution in [1.29, 1.82) is 5.26 Å². The summed E-state index contributed by atoms with van der Waals surface area (Å²) in [5.41, 5.74) is 2.94. The lowest BCUT2D eigenvalue weighted by molar-refractivity contribution is 0.0600. The first-order chi connectivity index (χ1) is 18.0. The van der Waals surface area contributed by atoms with Gasteiger partial charge in [-0.2, -0.15) is 5.26 Å². The van der Waals surface area contributed by atoms with E-state index in [1.54, 1.807) is 48.5 Å². The molecule has 2 N–H and O–H groups in total. The number of carbonyl (C=O) groups is 2. The van der Waals surface area contributed by atoms with Gasteiger partial charge in [0.15, 0.2) is 5.16 Å². The van der Waals surface area contributed by atoms with Crippen LogP contribution in [0.15, 0.2) is 88.8 Å². The van der Waals surface area contributed by atoms with Gasteiger partial charge < -0.3 is 15.0 Å². The highest BCUT2D eigenvalue weighted by atomic mass is 32.2. The summed E-state index contributed by atoms with van der Waals surface area (Å²) in [7, 11) is 1.32. The molecule has 0 aliphatic carbocycles. The number of carbonyl (C=O) groups excluding carboxylic acids is 2. The maximum atomic E-state index is 12.6. The van der Waals surface area contributed by atoms with Crippen molar-refractivity contribution in [2.45, 2.75) is 17.5 Å². The van der Waals surface area contributed by atoms with Crippen LogP contribution in [0.3, 0.4) is 0 Å². The molecule has 0 bridgehead atoms. The van der Waals surface area contributed by atoms with Crippen molar-refractivity contribution >= 4 is 23.6 Å². The molecule has 0 radical (unpaired) electrons. The smallest absolute Gasteiger partial charge is 0.337 e. The Kier molecular flexibility index (Phi) is 8.13. The summed E-state index contributed by atoms with van der Waals surface area (Å²) >= 11 is 1.29. The Hall–Kier alpha value is -4.68. The molecule has 1 heterocycles. The van der Waals surface area contributed by atoms with E-state index in [0.717, 1.165) is 11.1 Å². The molecule has 0 atom stereocenters. The molecule has 1 amide bonds. The van der Waals surface area contributed by atoms with E-state index in [1.807, 2.05) is 36.4 Å². The van der Waals surface area contributed by atoms with Gasteiger partial charge >= 0.3 is 5.97 Å². The van der Waals surface area contributed by atoms with Gasteiger partial charge in [0.05, 0.1) is 18.4 Å². The van der Waals surface area contributed by atoms with Gasteiger partial charge in [-0.3, -0.25) is 9.59 Å². The van der Waals surface area contributed by atoms with Gasteiger partial charge in [-0.1, -0.05) is 66.4 Å². The van der Waals surface area contributed by atoms with Crippen LogP contribution in [0.4, 0.5) is 0 Å². The van der Waals surface area contributed by atoms with Gasteiger partial charge in [-0.15, -0.1) is 0 Å². The number of nitrogens with one attached hydrogen (secondary N) is 2. The third kappa shape index (κ3) is 6.31. The van der Waals surface area contributed by atoms with Crippen molar-refractivity contribution in [3.63, 3.8) is 0 Å². The topological polar surface area (TPSA) is 125 Å². The lowest BCUT2D eigenvalue weighted by atomic mass is 10.1. The van der Waals surface area contributed by atoms with Crippen molar-refractivity contribution in [2.24, 2.45) is 0 Å². The first-order valence-corrected chi connectivity index (χ1v) is 12.2. The minimum Gasteiger partial charge on any atom is -0.465 e. The number of esters is 1. The number of nitriles is 1. The summed E-state index contributed by atoms with van der Waals surface area (Å²) in [6, 6.07) is 25.0. The molecule has 0 aliphatic rings. The molecule has 0 unspecified atom stereocenters. The molecule has 0 aliphatic heterocycles. The first kappa shape index (κ1) is 25.4. The van der Waals surface area contributed by atoms with E-state index in [0.29, 0.717) is 34.1 Å². The highest BCUT2D eigenvalue weighted by Crippen LogP contribution is 2.24. The Morgan fingerprint density at radius 2 is 1.65 bits per heavy atom. The van der Waals surface area contributed by atoms with Gasteiger partial charge in [0.1, 0.15) is 11.6 Å². The highest BCUT2D eigenvalue weighted by molar-refractivity contribution is 7.98. The van der Waals surface area contributed by atoms with Gasteiger partial charge in [0.25, 0.3) is 11.5 Å². The van der Waals surface area contributed by atoms with Gasteiger partial charge in [-0.05, 0) is 35.4 Å². The van der Waals surface area contributed by atoms with Crippen molar-refractivity contribution < 1.29 is 14.3 Å². The molecule has 4 rings (SSSR count). The molecule has 4 aromatic rings. The summed E-state index contributed by atoms with van der Waals surface area (Å²) in [5, 5.41) is 12.8. The lowest BCUT2D eigenvalue weighted by Crippen LogP contribution is -2.22. The number of hydrogen-bond donors (Lipinski definition) is 2. The fourth-order valence-electron chi connectivity index (χ4n) is 3.50. The average Bonchev–Trinajstić information content (AvgIpc) is 2.95. The van der Waals surface area contributed by atoms with Crippen LogP contribution in [0.5, 0.6) is 0 Å². The maximum Gasteiger partial charge on any atom is 0.337 e. The summed E-state index contributed by atoms with van der Waals surface area (Å²) in [5.74, 6) is -0.165. The molecule has 184 valence electrons. The van der Waals surface area contributed by atoms with Crippen molar-refractivity contribution in [1.82, 2.24) is 15.3 Å². The van der Waals surface area contributed by atoms with Gasteiger partial charge in [0.2, 0.25) is 0 Å². The van der Waals surface area contributed by atoms with E-state index in [9.17, 15) is 19.6 Å². The van der Waals surface area contributed by atoms with E-state index in [2.05, 4.69) is 15.3 Å². The zero-order valence-electron chi connectivity index (χ0n) is 19.9. The quantitative estimate of drug-likeness (QED) is 0.205. The molecular formula is C28H22N4O4S. The van der Waals surface area contributed by atoms with Crippen LogP contribution >= 0.6 is 11.8 Å². The second-order valence-corrected chi connectivity index (χ2v) is 8.89. The zero-order chi connectivity index (χ0) is 26.2. The number of ether oxygens (including phenoxy) is 1. The van der Waals surface area contributed by atoms with Gasteiger partial charge in [0, 0.05) is 23.4 Å². The monoisotopic (exact) mass is 510 g/mol. The van der Waals surface area contributed by atoms with Crippen LogP contribution in [-0.4, -0.2) is 29.0 Å². The predicted octanol–water partition coefficient (Wildman–Crippen LogP) is 4.32. The zero-order valence-corrected chi connectivity index (χ0v) is 20.7. The van der Waals surface area contributed by atoms with Crippen molar-refractivity contribution in [3.05, 3.63) is 117 Å². The normalized spacial score (nSPS) is 10.4. The molecule has 0 fully saturated rings. The fraction of sp³-hybridized carbons (Fsp3) is 0.107. The van der Waals surface area contributed by atoms with Crippen LogP contribution in [0.2, 0.25) is 0 Å². The van der Waals surface area contributed by atoms with Crippen LogP contribution < -0.4 is 10.9 Å². The second kappa shape index (κ2) is 11.8. The van der Waals surface area contributed by atoms with Crippen LogP contribution in [0.1, 0.15) is 37.4 Å². The number of aromatic amines is 1. The number of H-pyrrole nitrogens is 1. The minimum absolute atomic E-state index is 0.104. The first-order valence-electron chi connectivity index (χ1n) is 11.3. The molecular weight excluding hydrogens is 488 g/mol. The highest BCUT2D eigenvalue weighted by Gasteiger charge is 2.15. The largest absolute Gasteiger partial charge is 0.465 e. The van der Waals surface area contributed by atoms with Crippen molar-refractivity contribution in [3.8, 4) is 17.3 Å². The number of amides is 1. The SMILES string of the molecule is COC(=O)c1ccc(CSc2nc(-c3ccc(C(=O)NCc4ccccc4)cc3)c(C#N)c(=O)[nH]2)cc1. The summed E-state index contributed by atoms with van der Waals surface area (Å²) in [6.45, 7) is 0.404. The number of benzene rings is 3. The van der Waals surface area contributed by atoms with E-state index in [4.69, 9.17) is 4.74 Å². The number of nitrogens with zero attached hydrogens (tertiary/aromatic N) is 2. The molecule has 3 aromatic carbocycles. The van der Waals surface area contributed by atoms with E-state index >= 15 is 0 Å².